The van der Waals surface area contributed by atoms with Crippen molar-refractivity contribution < 1.29 is 5.11 Å². The number of benzene rings is 1. The van der Waals surface area contributed by atoms with Gasteiger partial charge in [-0.05, 0) is 16.5 Å². The van der Waals surface area contributed by atoms with Gasteiger partial charge in [0.05, 0.1) is 6.61 Å². The molecule has 0 fully saturated rings. The quantitative estimate of drug-likeness (QED) is 0.822. The van der Waals surface area contributed by atoms with Gasteiger partial charge in [-0.15, -0.1) is 0 Å². The van der Waals surface area contributed by atoms with Crippen molar-refractivity contribution in [2.24, 2.45) is 5.73 Å². The molecule has 1 aromatic rings. The van der Waals surface area contributed by atoms with Gasteiger partial charge in [0.2, 0.25) is 0 Å². The Hall–Kier alpha value is -0.860. The highest BCUT2D eigenvalue weighted by Gasteiger charge is 2.30. The summed E-state index contributed by atoms with van der Waals surface area (Å²) in [5.41, 5.74) is 7.95. The molecule has 0 aromatic heterocycles. The topological polar surface area (TPSA) is 46.2 Å². The van der Waals surface area contributed by atoms with Crippen molar-refractivity contribution in [2.45, 2.75) is 38.5 Å². The standard InChI is InChI=1S/C14H23NO/c1-13(2,3)11-7-5-6-8-12(11)14(4,9-15)10-16/h5-8,16H,9-10,15H2,1-4H3. The van der Waals surface area contributed by atoms with E-state index in [9.17, 15) is 5.11 Å². The third kappa shape index (κ3) is 2.45. The molecule has 16 heavy (non-hydrogen) atoms. The molecule has 1 atom stereocenters. The predicted octanol–water partition coefficient (Wildman–Crippen LogP) is 2.19. The maximum absolute atomic E-state index is 9.55. The molecule has 0 radical (unpaired) electrons. The lowest BCUT2D eigenvalue weighted by Crippen LogP contribution is -2.37. The Labute approximate surface area is 98.5 Å². The summed E-state index contributed by atoms with van der Waals surface area (Å²) >= 11 is 0. The maximum atomic E-state index is 9.55. The van der Waals surface area contributed by atoms with Crippen LogP contribution in [0.5, 0.6) is 0 Å². The molecule has 1 rings (SSSR count). The first-order valence-corrected chi connectivity index (χ1v) is 5.76. The van der Waals surface area contributed by atoms with Gasteiger partial charge in [-0.3, -0.25) is 0 Å². The van der Waals surface area contributed by atoms with E-state index in [4.69, 9.17) is 5.73 Å². The average molecular weight is 221 g/mol. The van der Waals surface area contributed by atoms with Crippen molar-refractivity contribution in [2.75, 3.05) is 13.2 Å². The Morgan fingerprint density at radius 1 is 1.06 bits per heavy atom. The summed E-state index contributed by atoms with van der Waals surface area (Å²) in [5, 5.41) is 9.55. The smallest absolute Gasteiger partial charge is 0.0537 e. The maximum Gasteiger partial charge on any atom is 0.0537 e. The molecule has 0 aliphatic rings. The van der Waals surface area contributed by atoms with Crippen molar-refractivity contribution >= 4 is 0 Å². The van der Waals surface area contributed by atoms with Gasteiger partial charge < -0.3 is 10.8 Å². The zero-order chi connectivity index (χ0) is 12.4. The van der Waals surface area contributed by atoms with Crippen molar-refractivity contribution in [1.82, 2.24) is 0 Å². The van der Waals surface area contributed by atoms with E-state index in [0.29, 0.717) is 6.54 Å². The third-order valence-electron chi connectivity index (χ3n) is 3.18. The average Bonchev–Trinajstić information content (AvgIpc) is 2.27. The van der Waals surface area contributed by atoms with Gasteiger partial charge in [-0.2, -0.15) is 0 Å². The van der Waals surface area contributed by atoms with Gasteiger partial charge in [0, 0.05) is 12.0 Å². The minimum Gasteiger partial charge on any atom is -0.395 e. The fourth-order valence-electron chi connectivity index (χ4n) is 1.92. The fraction of sp³-hybridized carbons (Fsp3) is 0.571. The van der Waals surface area contributed by atoms with Crippen molar-refractivity contribution in [3.05, 3.63) is 35.4 Å². The van der Waals surface area contributed by atoms with Gasteiger partial charge >= 0.3 is 0 Å². The molecule has 1 unspecified atom stereocenters. The lowest BCUT2D eigenvalue weighted by atomic mass is 9.74. The molecule has 2 heteroatoms. The largest absolute Gasteiger partial charge is 0.395 e. The summed E-state index contributed by atoms with van der Waals surface area (Å²) in [5.74, 6) is 0. The van der Waals surface area contributed by atoms with E-state index in [0.717, 1.165) is 5.56 Å². The van der Waals surface area contributed by atoms with E-state index in [2.05, 4.69) is 32.9 Å². The van der Waals surface area contributed by atoms with E-state index in [1.807, 2.05) is 19.1 Å². The minimum absolute atomic E-state index is 0.0716. The van der Waals surface area contributed by atoms with E-state index in [-0.39, 0.29) is 17.4 Å². The van der Waals surface area contributed by atoms with E-state index >= 15 is 0 Å². The van der Waals surface area contributed by atoms with Crippen LogP contribution in [0, 0.1) is 0 Å². The first-order chi connectivity index (χ1) is 7.35. The van der Waals surface area contributed by atoms with Crippen LogP contribution >= 0.6 is 0 Å². The second-order valence-corrected chi connectivity index (χ2v) is 5.72. The number of rotatable bonds is 3. The summed E-state index contributed by atoms with van der Waals surface area (Å²) < 4.78 is 0. The van der Waals surface area contributed by atoms with E-state index < -0.39 is 0 Å². The molecule has 0 saturated carbocycles. The van der Waals surface area contributed by atoms with Crippen LogP contribution < -0.4 is 5.73 Å². The first kappa shape index (κ1) is 13.2. The van der Waals surface area contributed by atoms with Crippen LogP contribution in [-0.4, -0.2) is 18.3 Å². The van der Waals surface area contributed by atoms with E-state index in [1.165, 1.54) is 5.56 Å². The molecule has 0 aliphatic heterocycles. The van der Waals surface area contributed by atoms with Gasteiger partial charge in [-0.25, -0.2) is 0 Å². The molecule has 0 amide bonds. The van der Waals surface area contributed by atoms with Crippen molar-refractivity contribution in [1.29, 1.82) is 0 Å². The first-order valence-electron chi connectivity index (χ1n) is 5.76. The molecule has 2 nitrogen and oxygen atoms in total. The predicted molar refractivity (Wildman–Crippen MR) is 68.6 cm³/mol. The number of aliphatic hydroxyl groups excluding tert-OH is 1. The molecule has 0 aliphatic carbocycles. The second kappa shape index (κ2) is 4.56. The summed E-state index contributed by atoms with van der Waals surface area (Å²) in [4.78, 5) is 0. The Balaban J connectivity index is 3.34. The molecule has 0 spiro atoms. The van der Waals surface area contributed by atoms with Crippen LogP contribution in [0.1, 0.15) is 38.8 Å². The lowest BCUT2D eigenvalue weighted by molar-refractivity contribution is 0.208. The molecule has 1 aromatic carbocycles. The highest BCUT2D eigenvalue weighted by molar-refractivity contribution is 5.38. The zero-order valence-electron chi connectivity index (χ0n) is 10.7. The lowest BCUT2D eigenvalue weighted by Gasteiger charge is -2.33. The monoisotopic (exact) mass is 221 g/mol. The van der Waals surface area contributed by atoms with Gasteiger partial charge in [-0.1, -0.05) is 52.0 Å². The van der Waals surface area contributed by atoms with Crippen LogP contribution in [0.25, 0.3) is 0 Å². The van der Waals surface area contributed by atoms with Crippen molar-refractivity contribution in [3.63, 3.8) is 0 Å². The Morgan fingerprint density at radius 3 is 1.94 bits per heavy atom. The second-order valence-electron chi connectivity index (χ2n) is 5.72. The van der Waals surface area contributed by atoms with Crippen LogP contribution in [0.2, 0.25) is 0 Å². The summed E-state index contributed by atoms with van der Waals surface area (Å²) in [6.45, 7) is 9.09. The summed E-state index contributed by atoms with van der Waals surface area (Å²) in [6, 6.07) is 8.25. The number of hydrogen-bond donors (Lipinski definition) is 2. The normalized spacial score (nSPS) is 15.9. The number of nitrogens with two attached hydrogens (primary N) is 1. The number of aliphatic hydroxyl groups is 1. The summed E-state index contributed by atoms with van der Waals surface area (Å²) in [6.07, 6.45) is 0. The van der Waals surface area contributed by atoms with E-state index in [1.54, 1.807) is 0 Å². The Morgan fingerprint density at radius 2 is 1.56 bits per heavy atom. The van der Waals surface area contributed by atoms with Crippen LogP contribution in [0.15, 0.2) is 24.3 Å². The van der Waals surface area contributed by atoms with Gasteiger partial charge in [0.1, 0.15) is 0 Å². The fourth-order valence-corrected chi connectivity index (χ4v) is 1.92. The molecular formula is C14H23NO. The van der Waals surface area contributed by atoms with Crippen LogP contribution in [0.3, 0.4) is 0 Å². The van der Waals surface area contributed by atoms with Crippen molar-refractivity contribution in [3.8, 4) is 0 Å². The highest BCUT2D eigenvalue weighted by atomic mass is 16.3. The Kier molecular flexibility index (Phi) is 3.76. The SMILES string of the molecule is CC(C)(C)c1ccccc1C(C)(CN)CO. The molecule has 0 bridgehead atoms. The molecule has 90 valence electrons. The van der Waals surface area contributed by atoms with Gasteiger partial charge in [0.15, 0.2) is 0 Å². The summed E-state index contributed by atoms with van der Waals surface area (Å²) in [7, 11) is 0. The van der Waals surface area contributed by atoms with Gasteiger partial charge in [0.25, 0.3) is 0 Å². The Bertz CT molecular complexity index is 348. The van der Waals surface area contributed by atoms with Crippen LogP contribution in [0.4, 0.5) is 0 Å². The third-order valence-corrected chi connectivity index (χ3v) is 3.18. The molecular weight excluding hydrogens is 198 g/mol. The highest BCUT2D eigenvalue weighted by Crippen LogP contribution is 2.33. The molecule has 0 heterocycles. The molecule has 3 N–H and O–H groups in total. The minimum atomic E-state index is -0.343. The van der Waals surface area contributed by atoms with Crippen LogP contribution in [-0.2, 0) is 10.8 Å². The molecule has 0 saturated heterocycles. The zero-order valence-corrected chi connectivity index (χ0v) is 10.7. The number of hydrogen-bond acceptors (Lipinski definition) is 2.